The lowest BCUT2D eigenvalue weighted by Gasteiger charge is -2.21. The summed E-state index contributed by atoms with van der Waals surface area (Å²) in [6, 6.07) is 5.06. The Morgan fingerprint density at radius 3 is 2.52 bits per heavy atom. The fraction of sp³-hybridized carbons (Fsp3) is 0.462. The Balaban J connectivity index is 2.77. The summed E-state index contributed by atoms with van der Waals surface area (Å²) >= 11 is 0.965. The van der Waals surface area contributed by atoms with Gasteiger partial charge in [-0.3, -0.25) is 4.79 Å². The lowest BCUT2D eigenvalue weighted by atomic mass is 10.0. The van der Waals surface area contributed by atoms with Crippen LogP contribution in [0.5, 0.6) is 5.75 Å². The van der Waals surface area contributed by atoms with Gasteiger partial charge in [-0.25, -0.2) is 0 Å². The van der Waals surface area contributed by atoms with E-state index in [1.165, 1.54) is 25.1 Å². The van der Waals surface area contributed by atoms with Crippen molar-refractivity contribution >= 4 is 16.9 Å². The van der Waals surface area contributed by atoms with Gasteiger partial charge in [0.25, 0.3) is 0 Å². The van der Waals surface area contributed by atoms with Crippen LogP contribution < -0.4 is 4.74 Å². The number of hydrogen-bond acceptors (Lipinski definition) is 5. The summed E-state index contributed by atoms with van der Waals surface area (Å²) in [5.41, 5.74) is -0.157. The van der Waals surface area contributed by atoms with E-state index >= 15 is 0 Å². The number of thioether (sulfide) groups is 1. The average Bonchev–Trinajstić information content (AvgIpc) is 2.36. The van der Waals surface area contributed by atoms with Crippen LogP contribution in [0.15, 0.2) is 24.3 Å². The van der Waals surface area contributed by atoms with Gasteiger partial charge in [0, 0.05) is 18.2 Å². The van der Waals surface area contributed by atoms with Gasteiger partial charge in [0.05, 0.1) is 6.10 Å². The molecule has 2 atom stereocenters. The number of carbonyl (C=O) groups excluding carboxylic acids is 1. The Morgan fingerprint density at radius 1 is 1.33 bits per heavy atom. The third-order valence-corrected chi connectivity index (χ3v) is 3.39. The molecule has 8 heteroatoms. The second-order valence-electron chi connectivity index (χ2n) is 4.23. The maximum absolute atomic E-state index is 12.3. The Hall–Kier alpha value is -1.25. The SMILES string of the molecule is CC(=O)SCCC(O)C(O)c1ccccc1OC(F)(F)F. The molecule has 0 spiro atoms. The Kier molecular flexibility index (Phi) is 6.50. The minimum atomic E-state index is -4.88. The third-order valence-electron chi connectivity index (χ3n) is 2.55. The van der Waals surface area contributed by atoms with E-state index in [0.29, 0.717) is 0 Å². The molecule has 0 heterocycles. The molecule has 0 saturated carbocycles. The highest BCUT2D eigenvalue weighted by atomic mass is 32.2. The second-order valence-corrected chi connectivity index (χ2v) is 5.50. The van der Waals surface area contributed by atoms with Gasteiger partial charge in [-0.15, -0.1) is 13.2 Å². The number of para-hydroxylation sites is 1. The van der Waals surface area contributed by atoms with Crippen LogP contribution in [0, 0.1) is 0 Å². The summed E-state index contributed by atoms with van der Waals surface area (Å²) in [6.07, 6.45) is -7.65. The normalized spacial score (nSPS) is 14.6. The number of alkyl halides is 3. The number of aliphatic hydroxyl groups excluding tert-OH is 2. The predicted octanol–water partition coefficient (Wildman–Crippen LogP) is 2.65. The van der Waals surface area contributed by atoms with Crippen molar-refractivity contribution in [3.8, 4) is 5.75 Å². The zero-order chi connectivity index (χ0) is 16.0. The number of rotatable bonds is 6. The zero-order valence-corrected chi connectivity index (χ0v) is 11.9. The van der Waals surface area contributed by atoms with Gasteiger partial charge in [-0.1, -0.05) is 30.0 Å². The second kappa shape index (κ2) is 7.67. The summed E-state index contributed by atoms with van der Waals surface area (Å²) < 4.78 is 40.6. The molecule has 0 fully saturated rings. The number of aliphatic hydroxyl groups is 2. The third kappa shape index (κ3) is 6.36. The predicted molar refractivity (Wildman–Crippen MR) is 71.8 cm³/mol. The van der Waals surface area contributed by atoms with Gasteiger partial charge in [0.2, 0.25) is 0 Å². The Morgan fingerprint density at radius 2 is 1.95 bits per heavy atom. The molecule has 0 aromatic heterocycles. The first kappa shape index (κ1) is 17.8. The summed E-state index contributed by atoms with van der Waals surface area (Å²) in [4.78, 5) is 10.7. The molecule has 2 unspecified atom stereocenters. The van der Waals surface area contributed by atoms with E-state index in [4.69, 9.17) is 0 Å². The van der Waals surface area contributed by atoms with Crippen LogP contribution in [-0.4, -0.2) is 33.5 Å². The molecule has 4 nitrogen and oxygen atoms in total. The van der Waals surface area contributed by atoms with E-state index in [9.17, 15) is 28.2 Å². The van der Waals surface area contributed by atoms with Gasteiger partial charge >= 0.3 is 6.36 Å². The summed E-state index contributed by atoms with van der Waals surface area (Å²) in [7, 11) is 0. The molecule has 1 aromatic rings. The molecular weight excluding hydrogens is 309 g/mol. The van der Waals surface area contributed by atoms with Crippen LogP contribution in [0.25, 0.3) is 0 Å². The van der Waals surface area contributed by atoms with Crippen LogP contribution in [0.1, 0.15) is 25.0 Å². The van der Waals surface area contributed by atoms with Crippen molar-refractivity contribution in [3.05, 3.63) is 29.8 Å². The largest absolute Gasteiger partial charge is 0.573 e. The Bertz CT molecular complexity index is 479. The quantitative estimate of drug-likeness (QED) is 0.842. The number of halogens is 3. The topological polar surface area (TPSA) is 66.8 Å². The van der Waals surface area contributed by atoms with Gasteiger partial charge in [-0.05, 0) is 12.5 Å². The van der Waals surface area contributed by atoms with Crippen LogP contribution in [-0.2, 0) is 4.79 Å². The first-order valence-electron chi connectivity index (χ1n) is 6.05. The molecule has 1 rings (SSSR count). The van der Waals surface area contributed by atoms with Crippen molar-refractivity contribution in [1.82, 2.24) is 0 Å². The van der Waals surface area contributed by atoms with Crippen LogP contribution in [0.4, 0.5) is 13.2 Å². The van der Waals surface area contributed by atoms with Crippen molar-refractivity contribution in [1.29, 1.82) is 0 Å². The molecule has 118 valence electrons. The molecular formula is C13H15F3O4S. The van der Waals surface area contributed by atoms with Crippen LogP contribution >= 0.6 is 11.8 Å². The fourth-order valence-corrected chi connectivity index (χ4v) is 2.28. The Labute approximate surface area is 123 Å². The molecule has 0 amide bonds. The number of ether oxygens (including phenoxy) is 1. The molecule has 2 N–H and O–H groups in total. The molecule has 0 aliphatic carbocycles. The van der Waals surface area contributed by atoms with Crippen molar-refractivity contribution in [2.75, 3.05) is 5.75 Å². The maximum atomic E-state index is 12.3. The summed E-state index contributed by atoms with van der Waals surface area (Å²) in [6.45, 7) is 1.36. The van der Waals surface area contributed by atoms with Gasteiger partial charge in [0.1, 0.15) is 11.9 Å². The first-order chi connectivity index (χ1) is 9.70. The standard InChI is InChI=1S/C13H15F3O4S/c1-8(17)21-7-6-10(18)12(19)9-4-2-3-5-11(9)20-13(14,15)16/h2-5,10,12,18-19H,6-7H2,1H3. The lowest BCUT2D eigenvalue weighted by molar-refractivity contribution is -0.275. The monoisotopic (exact) mass is 324 g/mol. The first-order valence-corrected chi connectivity index (χ1v) is 7.03. The average molecular weight is 324 g/mol. The van der Waals surface area contributed by atoms with Gasteiger partial charge in [-0.2, -0.15) is 0 Å². The van der Waals surface area contributed by atoms with E-state index in [0.717, 1.165) is 17.8 Å². The highest BCUT2D eigenvalue weighted by Crippen LogP contribution is 2.32. The van der Waals surface area contributed by atoms with Crippen molar-refractivity contribution in [3.63, 3.8) is 0 Å². The van der Waals surface area contributed by atoms with Crippen molar-refractivity contribution in [2.45, 2.75) is 31.9 Å². The van der Waals surface area contributed by atoms with Gasteiger partial charge < -0.3 is 14.9 Å². The lowest BCUT2D eigenvalue weighted by Crippen LogP contribution is -2.23. The number of carbonyl (C=O) groups is 1. The minimum absolute atomic E-state index is 0.0613. The van der Waals surface area contributed by atoms with Gasteiger partial charge in [0.15, 0.2) is 5.12 Å². The molecule has 0 aliphatic rings. The van der Waals surface area contributed by atoms with E-state index in [-0.39, 0.29) is 22.9 Å². The summed E-state index contributed by atoms with van der Waals surface area (Å²) in [5.74, 6) is -0.300. The maximum Gasteiger partial charge on any atom is 0.573 e. The fourth-order valence-electron chi connectivity index (χ4n) is 1.63. The van der Waals surface area contributed by atoms with E-state index in [2.05, 4.69) is 4.74 Å². The highest BCUT2D eigenvalue weighted by Gasteiger charge is 2.33. The van der Waals surface area contributed by atoms with E-state index < -0.39 is 24.3 Å². The van der Waals surface area contributed by atoms with Crippen LogP contribution in [0.3, 0.4) is 0 Å². The zero-order valence-electron chi connectivity index (χ0n) is 11.1. The van der Waals surface area contributed by atoms with E-state index in [1.807, 2.05) is 0 Å². The summed E-state index contributed by atoms with van der Waals surface area (Å²) in [5, 5.41) is 19.6. The number of benzene rings is 1. The molecule has 21 heavy (non-hydrogen) atoms. The van der Waals surface area contributed by atoms with E-state index in [1.54, 1.807) is 0 Å². The highest BCUT2D eigenvalue weighted by molar-refractivity contribution is 8.13. The molecule has 0 bridgehead atoms. The van der Waals surface area contributed by atoms with Crippen LogP contribution in [0.2, 0.25) is 0 Å². The smallest absolute Gasteiger partial charge is 0.405 e. The molecule has 1 aromatic carbocycles. The molecule has 0 aliphatic heterocycles. The van der Waals surface area contributed by atoms with Crippen molar-refractivity contribution < 1.29 is 32.9 Å². The molecule has 0 radical (unpaired) electrons. The number of hydrogen-bond donors (Lipinski definition) is 2. The minimum Gasteiger partial charge on any atom is -0.405 e. The molecule has 0 saturated heterocycles. The van der Waals surface area contributed by atoms with Crippen molar-refractivity contribution in [2.24, 2.45) is 0 Å².